The number of anilines is 1. The van der Waals surface area contributed by atoms with Gasteiger partial charge in [0, 0.05) is 30.4 Å². The average molecular weight is 200 g/mol. The fraction of sp³-hybridized carbons (Fsp3) is 0.667. The summed E-state index contributed by atoms with van der Waals surface area (Å²) in [6.45, 7) is 3.07. The van der Waals surface area contributed by atoms with Gasteiger partial charge in [0.25, 0.3) is 0 Å². The number of aromatic nitrogens is 2. The van der Waals surface area contributed by atoms with Crippen molar-refractivity contribution in [1.82, 2.24) is 9.55 Å². The first-order valence-electron chi connectivity index (χ1n) is 4.71. The second kappa shape index (κ2) is 3.58. The molecule has 1 saturated carbocycles. The van der Waals surface area contributed by atoms with E-state index < -0.39 is 0 Å². The lowest BCUT2D eigenvalue weighted by molar-refractivity contribution is 0.450. The molecule has 4 heteroatoms. The number of alkyl halides is 1. The maximum absolute atomic E-state index is 5.89. The van der Waals surface area contributed by atoms with Crippen LogP contribution in [-0.4, -0.2) is 21.0 Å². The Balaban J connectivity index is 1.94. The van der Waals surface area contributed by atoms with Gasteiger partial charge in [0.15, 0.2) is 0 Å². The number of hydrogen-bond donors (Lipinski definition) is 1. The standard InChI is InChI=1S/C9H14ClN3/c1-2-13-4-3-11-9(13)12-8-5-7(10)6-8/h3-4,7-8H,2,5-6H2,1H3,(H,11,12). The van der Waals surface area contributed by atoms with E-state index in [0.29, 0.717) is 11.4 Å². The summed E-state index contributed by atoms with van der Waals surface area (Å²) in [5.74, 6) is 0.969. The number of aryl methyl sites for hydroxylation is 1. The topological polar surface area (TPSA) is 29.9 Å². The SMILES string of the molecule is CCn1ccnc1NC1CC(Cl)C1. The van der Waals surface area contributed by atoms with Crippen LogP contribution in [0.15, 0.2) is 12.4 Å². The Morgan fingerprint density at radius 1 is 1.69 bits per heavy atom. The van der Waals surface area contributed by atoms with Crippen LogP contribution in [0, 0.1) is 0 Å². The molecule has 1 N–H and O–H groups in total. The number of imidazole rings is 1. The maximum Gasteiger partial charge on any atom is 0.202 e. The van der Waals surface area contributed by atoms with E-state index in [0.717, 1.165) is 25.3 Å². The Morgan fingerprint density at radius 2 is 2.46 bits per heavy atom. The maximum atomic E-state index is 5.89. The molecule has 0 aromatic carbocycles. The predicted molar refractivity (Wildman–Crippen MR) is 54.2 cm³/mol. The van der Waals surface area contributed by atoms with Crippen molar-refractivity contribution in [1.29, 1.82) is 0 Å². The van der Waals surface area contributed by atoms with Crippen molar-refractivity contribution < 1.29 is 0 Å². The van der Waals surface area contributed by atoms with Crippen LogP contribution in [-0.2, 0) is 6.54 Å². The normalized spacial score (nSPS) is 26.9. The number of nitrogens with one attached hydrogen (secondary N) is 1. The molecule has 1 aliphatic rings. The second-order valence-corrected chi connectivity index (χ2v) is 4.06. The van der Waals surface area contributed by atoms with Crippen LogP contribution in [0.4, 0.5) is 5.95 Å². The molecule has 0 amide bonds. The molecule has 0 aliphatic heterocycles. The van der Waals surface area contributed by atoms with Crippen LogP contribution in [0.25, 0.3) is 0 Å². The summed E-state index contributed by atoms with van der Waals surface area (Å²) in [6.07, 6.45) is 5.91. The average Bonchev–Trinajstić information content (AvgIpc) is 2.49. The van der Waals surface area contributed by atoms with Crippen molar-refractivity contribution >= 4 is 17.5 Å². The molecule has 1 aliphatic carbocycles. The van der Waals surface area contributed by atoms with Gasteiger partial charge in [-0.15, -0.1) is 11.6 Å². The van der Waals surface area contributed by atoms with Gasteiger partial charge >= 0.3 is 0 Å². The van der Waals surface area contributed by atoms with Gasteiger partial charge in [-0.25, -0.2) is 4.98 Å². The minimum Gasteiger partial charge on any atom is -0.353 e. The summed E-state index contributed by atoms with van der Waals surface area (Å²) in [5, 5.41) is 3.74. The number of rotatable bonds is 3. The van der Waals surface area contributed by atoms with E-state index >= 15 is 0 Å². The van der Waals surface area contributed by atoms with Gasteiger partial charge in [-0.3, -0.25) is 0 Å². The van der Waals surface area contributed by atoms with Gasteiger partial charge in [0.05, 0.1) is 0 Å². The zero-order valence-corrected chi connectivity index (χ0v) is 8.46. The molecule has 0 spiro atoms. The molecule has 3 nitrogen and oxygen atoms in total. The van der Waals surface area contributed by atoms with Crippen LogP contribution in [0.1, 0.15) is 19.8 Å². The van der Waals surface area contributed by atoms with Crippen LogP contribution in [0.3, 0.4) is 0 Å². The zero-order valence-electron chi connectivity index (χ0n) is 7.70. The summed E-state index contributed by atoms with van der Waals surface area (Å²) >= 11 is 5.89. The Labute approximate surface area is 83.1 Å². The second-order valence-electron chi connectivity index (χ2n) is 3.45. The monoisotopic (exact) mass is 199 g/mol. The zero-order chi connectivity index (χ0) is 9.26. The minimum atomic E-state index is 0.363. The molecule has 1 fully saturated rings. The summed E-state index contributed by atoms with van der Waals surface area (Å²) in [5.41, 5.74) is 0. The minimum absolute atomic E-state index is 0.363. The van der Waals surface area contributed by atoms with Crippen LogP contribution in [0.5, 0.6) is 0 Å². The van der Waals surface area contributed by atoms with Crippen molar-refractivity contribution in [3.8, 4) is 0 Å². The first kappa shape index (κ1) is 8.88. The van der Waals surface area contributed by atoms with E-state index in [1.54, 1.807) is 0 Å². The lowest BCUT2D eigenvalue weighted by Crippen LogP contribution is -2.36. The van der Waals surface area contributed by atoms with Crippen LogP contribution in [0.2, 0.25) is 0 Å². The molecule has 0 saturated heterocycles. The van der Waals surface area contributed by atoms with Crippen molar-refractivity contribution in [3.05, 3.63) is 12.4 Å². The highest BCUT2D eigenvalue weighted by molar-refractivity contribution is 6.21. The number of halogens is 1. The van der Waals surface area contributed by atoms with Crippen molar-refractivity contribution in [2.24, 2.45) is 0 Å². The Bertz CT molecular complexity index is 278. The first-order chi connectivity index (χ1) is 6.29. The van der Waals surface area contributed by atoms with Gasteiger partial charge < -0.3 is 9.88 Å². The van der Waals surface area contributed by atoms with Crippen LogP contribution < -0.4 is 5.32 Å². The number of hydrogen-bond acceptors (Lipinski definition) is 2. The van der Waals surface area contributed by atoms with Gasteiger partial charge in [0.2, 0.25) is 5.95 Å². The molecular weight excluding hydrogens is 186 g/mol. The third kappa shape index (κ3) is 1.80. The molecule has 13 heavy (non-hydrogen) atoms. The van der Waals surface area contributed by atoms with E-state index in [1.165, 1.54) is 0 Å². The highest BCUT2D eigenvalue weighted by atomic mass is 35.5. The highest BCUT2D eigenvalue weighted by Crippen LogP contribution is 2.27. The smallest absolute Gasteiger partial charge is 0.202 e. The number of nitrogens with zero attached hydrogens (tertiary/aromatic N) is 2. The fourth-order valence-corrected chi connectivity index (χ4v) is 1.98. The van der Waals surface area contributed by atoms with E-state index in [4.69, 9.17) is 11.6 Å². The van der Waals surface area contributed by atoms with Crippen molar-refractivity contribution in [2.75, 3.05) is 5.32 Å². The van der Waals surface area contributed by atoms with Gasteiger partial charge in [-0.05, 0) is 19.8 Å². The van der Waals surface area contributed by atoms with Gasteiger partial charge in [0.1, 0.15) is 0 Å². The van der Waals surface area contributed by atoms with E-state index in [1.807, 2.05) is 12.4 Å². The molecule has 1 aromatic heterocycles. The molecule has 1 aromatic rings. The molecule has 0 atom stereocenters. The molecule has 2 rings (SSSR count). The largest absolute Gasteiger partial charge is 0.353 e. The van der Waals surface area contributed by atoms with E-state index in [-0.39, 0.29) is 0 Å². The van der Waals surface area contributed by atoms with Crippen molar-refractivity contribution in [2.45, 2.75) is 37.7 Å². The third-order valence-electron chi connectivity index (χ3n) is 2.47. The fourth-order valence-electron chi connectivity index (χ4n) is 1.55. The summed E-state index contributed by atoms with van der Waals surface area (Å²) in [4.78, 5) is 4.24. The van der Waals surface area contributed by atoms with E-state index in [2.05, 4.69) is 21.8 Å². The first-order valence-corrected chi connectivity index (χ1v) is 5.15. The molecule has 0 radical (unpaired) electrons. The summed E-state index contributed by atoms with van der Waals surface area (Å²) in [7, 11) is 0. The quantitative estimate of drug-likeness (QED) is 0.756. The predicted octanol–water partition coefficient (Wildman–Crippen LogP) is 2.08. The molecule has 1 heterocycles. The molecular formula is C9H14ClN3. The Kier molecular flexibility index (Phi) is 2.44. The highest BCUT2D eigenvalue weighted by Gasteiger charge is 2.27. The van der Waals surface area contributed by atoms with Gasteiger partial charge in [-0.1, -0.05) is 0 Å². The van der Waals surface area contributed by atoms with Crippen molar-refractivity contribution in [3.63, 3.8) is 0 Å². The molecule has 0 unspecified atom stereocenters. The third-order valence-corrected chi connectivity index (χ3v) is 2.83. The lowest BCUT2D eigenvalue weighted by Gasteiger charge is -2.31. The molecule has 72 valence electrons. The van der Waals surface area contributed by atoms with Gasteiger partial charge in [-0.2, -0.15) is 0 Å². The Hall–Kier alpha value is -0.700. The Morgan fingerprint density at radius 3 is 3.08 bits per heavy atom. The summed E-state index contributed by atoms with van der Waals surface area (Å²) < 4.78 is 2.10. The van der Waals surface area contributed by atoms with Crippen LogP contribution >= 0.6 is 11.6 Å². The lowest BCUT2D eigenvalue weighted by atomic mass is 9.93. The molecule has 0 bridgehead atoms. The van der Waals surface area contributed by atoms with E-state index in [9.17, 15) is 0 Å². The summed E-state index contributed by atoms with van der Waals surface area (Å²) in [6, 6.07) is 0.523.